The maximum Gasteiger partial charge on any atom is 0.171 e. The molecule has 0 unspecified atom stereocenters. The van der Waals surface area contributed by atoms with Gasteiger partial charge in [-0.15, -0.1) is 0 Å². The van der Waals surface area contributed by atoms with Gasteiger partial charge in [-0.1, -0.05) is 0 Å². The molecule has 0 aromatic carbocycles. The van der Waals surface area contributed by atoms with Crippen molar-refractivity contribution >= 4 is 23.2 Å². The molecule has 0 saturated carbocycles. The quantitative estimate of drug-likeness (QED) is 0.169. The highest BCUT2D eigenvalue weighted by atomic mass is 127. The minimum absolute atomic E-state index is 0.650. The Balaban J connectivity index is 0.000000536. The minimum atomic E-state index is 0.650. The second kappa shape index (κ2) is 18.7. The molecule has 0 aliphatic heterocycles. The number of aromatic nitrogens is 7. The first kappa shape index (κ1) is 40.1. The molecule has 4 aromatic rings. The lowest BCUT2D eigenvalue weighted by molar-refractivity contribution is 0.905. The van der Waals surface area contributed by atoms with Gasteiger partial charge in [0.1, 0.15) is 5.82 Å². The first-order valence-corrected chi connectivity index (χ1v) is 15.1. The molecule has 0 radical (unpaired) electrons. The van der Waals surface area contributed by atoms with Crippen LogP contribution < -0.4 is 0 Å². The third kappa shape index (κ3) is 12.3. The van der Waals surface area contributed by atoms with Crippen LogP contribution in [-0.4, -0.2) is 35.1 Å². The molecule has 236 valence electrons. The molecular formula is C34H51FIN7. The Morgan fingerprint density at radius 2 is 0.512 bits per heavy atom. The summed E-state index contributed by atoms with van der Waals surface area (Å²) in [7, 11) is 0. The van der Waals surface area contributed by atoms with E-state index in [1.54, 1.807) is 0 Å². The fourth-order valence-electron chi connectivity index (χ4n) is 3.85. The molecular weight excluding hydrogens is 652 g/mol. The predicted octanol–water partition coefficient (Wildman–Crippen LogP) is 9.06. The van der Waals surface area contributed by atoms with Gasteiger partial charge in [0.15, 0.2) is 23.2 Å². The lowest BCUT2D eigenvalue weighted by atomic mass is 10.0. The molecule has 0 aliphatic rings. The number of hydrogen-bond acceptors (Lipinski definition) is 7. The molecule has 4 heterocycles. The van der Waals surface area contributed by atoms with Crippen molar-refractivity contribution in [1.29, 1.82) is 0 Å². The van der Waals surface area contributed by atoms with Crippen molar-refractivity contribution < 1.29 is 2.86 Å². The zero-order chi connectivity index (χ0) is 33.8. The van der Waals surface area contributed by atoms with E-state index in [1.165, 1.54) is 33.4 Å². The summed E-state index contributed by atoms with van der Waals surface area (Å²) in [6.07, 6.45) is 0. The van der Waals surface area contributed by atoms with Crippen LogP contribution in [-0.2, 0) is 0 Å². The van der Waals surface area contributed by atoms with Crippen LogP contribution in [0.1, 0.15) is 96.1 Å². The largest absolute Gasteiger partial charge is 0.258 e. The Labute approximate surface area is 274 Å². The van der Waals surface area contributed by atoms with Gasteiger partial charge < -0.3 is 0 Å². The SMILES string of the molecule is Cc1nc(C)c(C)c(C)c1C.Cc1nc(C)c(C)c(C)n1.Cc1nc(C)c(C)nc1C.Cc1nnc(C)c(C)c1C.FI. The Kier molecular flexibility index (Phi) is 17.4. The molecule has 0 aliphatic carbocycles. The van der Waals surface area contributed by atoms with Gasteiger partial charge in [-0.05, 0) is 151 Å². The average Bonchev–Trinajstić information content (AvgIpc) is 2.96. The van der Waals surface area contributed by atoms with Gasteiger partial charge in [-0.3, -0.25) is 15.0 Å². The molecule has 0 saturated heterocycles. The summed E-state index contributed by atoms with van der Waals surface area (Å²) < 4.78 is 9.47. The summed E-state index contributed by atoms with van der Waals surface area (Å²) in [5.74, 6) is 0.862. The second-order valence-electron chi connectivity index (χ2n) is 10.9. The Bertz CT molecular complexity index is 1390. The van der Waals surface area contributed by atoms with Crippen LogP contribution in [0.5, 0.6) is 0 Å². The van der Waals surface area contributed by atoms with Crippen LogP contribution in [0.4, 0.5) is 2.86 Å². The zero-order valence-electron chi connectivity index (χ0n) is 29.4. The molecule has 4 aromatic heterocycles. The van der Waals surface area contributed by atoms with Crippen LogP contribution in [0.2, 0.25) is 0 Å². The fraction of sp³-hybridized carbons (Fsp3) is 0.500. The van der Waals surface area contributed by atoms with E-state index >= 15 is 0 Å². The average molecular weight is 704 g/mol. The van der Waals surface area contributed by atoms with E-state index in [0.29, 0.717) is 23.2 Å². The summed E-state index contributed by atoms with van der Waals surface area (Å²) in [5, 5.41) is 7.98. The van der Waals surface area contributed by atoms with Gasteiger partial charge in [0.2, 0.25) is 0 Å². The van der Waals surface area contributed by atoms with E-state index < -0.39 is 0 Å². The summed E-state index contributed by atoms with van der Waals surface area (Å²) in [5.41, 5.74) is 18.4. The molecule has 0 N–H and O–H groups in total. The highest BCUT2D eigenvalue weighted by molar-refractivity contribution is 14.1. The number of aryl methyl sites for hydroxylation is 11. The minimum Gasteiger partial charge on any atom is -0.258 e. The van der Waals surface area contributed by atoms with Crippen molar-refractivity contribution in [3.8, 4) is 0 Å². The molecule has 0 fully saturated rings. The fourth-order valence-corrected chi connectivity index (χ4v) is 3.85. The number of hydrogen-bond donors (Lipinski definition) is 0. The maximum atomic E-state index is 9.47. The summed E-state index contributed by atoms with van der Waals surface area (Å²) in [4.78, 5) is 21.5. The van der Waals surface area contributed by atoms with Crippen LogP contribution in [0.3, 0.4) is 0 Å². The van der Waals surface area contributed by atoms with Gasteiger partial charge in [0.05, 0.1) is 34.2 Å². The van der Waals surface area contributed by atoms with Gasteiger partial charge in [-0.25, -0.2) is 9.97 Å². The number of nitrogens with zero attached hydrogens (tertiary/aromatic N) is 7. The number of rotatable bonds is 0. The Morgan fingerprint density at radius 1 is 0.279 bits per heavy atom. The summed E-state index contributed by atoms with van der Waals surface area (Å²) >= 11 is 0.650. The van der Waals surface area contributed by atoms with Gasteiger partial charge >= 0.3 is 0 Å². The third-order valence-corrected chi connectivity index (χ3v) is 8.01. The molecule has 43 heavy (non-hydrogen) atoms. The van der Waals surface area contributed by atoms with Crippen LogP contribution in [0.15, 0.2) is 0 Å². The summed E-state index contributed by atoms with van der Waals surface area (Å²) in [6.45, 7) is 34.6. The van der Waals surface area contributed by atoms with E-state index in [9.17, 15) is 2.86 Å². The standard InChI is InChI=1S/C10H15N.3C8H12N2.FI/c1-6-7(2)9(4)11-10(5)8(6)3;1-5-6(2)10-8(4)7(3)9-5;1-5-6(2)9-8(4)10-7(5)3;1-5-6(2)8(4)10-9-7(5)3;1-2/h1-5H3;3*1-4H3;. The van der Waals surface area contributed by atoms with Crippen LogP contribution in [0.25, 0.3) is 0 Å². The first-order chi connectivity index (χ1) is 19.9. The zero-order valence-corrected chi connectivity index (χ0v) is 31.5. The van der Waals surface area contributed by atoms with E-state index in [1.807, 2.05) is 69.2 Å². The molecule has 7 nitrogen and oxygen atoms in total. The van der Waals surface area contributed by atoms with E-state index in [-0.39, 0.29) is 0 Å². The molecule has 4 rings (SSSR count). The van der Waals surface area contributed by atoms with Crippen molar-refractivity contribution in [1.82, 2.24) is 35.1 Å². The van der Waals surface area contributed by atoms with Crippen molar-refractivity contribution in [2.75, 3.05) is 0 Å². The predicted molar refractivity (Wildman–Crippen MR) is 186 cm³/mol. The number of pyridine rings is 1. The molecule has 0 atom stereocenters. The van der Waals surface area contributed by atoms with Crippen molar-refractivity contribution in [3.05, 3.63) is 96.1 Å². The number of halogens is 2. The lowest BCUT2D eigenvalue weighted by Crippen LogP contribution is -1.98. The molecule has 0 amide bonds. The monoisotopic (exact) mass is 703 g/mol. The van der Waals surface area contributed by atoms with Crippen molar-refractivity contribution in [2.45, 2.75) is 118 Å². The first-order valence-electron chi connectivity index (χ1n) is 14.3. The Hall–Kier alpha value is -2.95. The van der Waals surface area contributed by atoms with Gasteiger partial charge in [0.25, 0.3) is 0 Å². The normalized spacial score (nSPS) is 9.74. The highest BCUT2D eigenvalue weighted by Gasteiger charge is 2.04. The van der Waals surface area contributed by atoms with E-state index in [4.69, 9.17) is 0 Å². The van der Waals surface area contributed by atoms with Crippen LogP contribution in [0, 0.1) is 118 Å². The van der Waals surface area contributed by atoms with Gasteiger partial charge in [0, 0.05) is 22.8 Å². The van der Waals surface area contributed by atoms with Gasteiger partial charge in [-0.2, -0.15) is 13.1 Å². The van der Waals surface area contributed by atoms with Crippen molar-refractivity contribution in [3.63, 3.8) is 0 Å². The topological polar surface area (TPSA) is 90.2 Å². The molecule has 0 spiro atoms. The third-order valence-electron chi connectivity index (χ3n) is 8.01. The van der Waals surface area contributed by atoms with E-state index in [2.05, 4.69) is 83.6 Å². The Morgan fingerprint density at radius 3 is 0.814 bits per heavy atom. The molecule has 9 heteroatoms. The summed E-state index contributed by atoms with van der Waals surface area (Å²) in [6, 6.07) is 0. The van der Waals surface area contributed by atoms with Crippen molar-refractivity contribution in [2.24, 2.45) is 0 Å². The van der Waals surface area contributed by atoms with Crippen LogP contribution >= 0.6 is 23.2 Å². The molecule has 0 bridgehead atoms. The highest BCUT2D eigenvalue weighted by Crippen LogP contribution is 2.16. The lowest BCUT2D eigenvalue weighted by Gasteiger charge is -2.09. The smallest absolute Gasteiger partial charge is 0.171 e. The van der Waals surface area contributed by atoms with E-state index in [0.717, 1.165) is 62.8 Å². The maximum absolute atomic E-state index is 9.47. The second-order valence-corrected chi connectivity index (χ2v) is 10.9.